The minimum Gasteiger partial charge on any atom is -0.359 e. The third-order valence-electron chi connectivity index (χ3n) is 3.97. The number of benzene rings is 1. The van der Waals surface area contributed by atoms with Gasteiger partial charge in [-0.05, 0) is 37.5 Å². The fraction of sp³-hybridized carbons (Fsp3) is 0.400. The van der Waals surface area contributed by atoms with Crippen LogP contribution in [0.5, 0.6) is 0 Å². The van der Waals surface area contributed by atoms with E-state index in [1.54, 1.807) is 6.07 Å². The maximum atomic E-state index is 13.3. The Morgan fingerprint density at radius 2 is 2.22 bits per heavy atom. The van der Waals surface area contributed by atoms with Gasteiger partial charge in [-0.3, -0.25) is 0 Å². The largest absolute Gasteiger partial charge is 0.359 e. The summed E-state index contributed by atoms with van der Waals surface area (Å²) < 4.78 is 45.6. The van der Waals surface area contributed by atoms with E-state index in [9.17, 15) is 12.8 Å². The van der Waals surface area contributed by atoms with Gasteiger partial charge < -0.3 is 4.52 Å². The van der Waals surface area contributed by atoms with Crippen LogP contribution in [-0.4, -0.2) is 24.4 Å². The maximum absolute atomic E-state index is 13.3. The van der Waals surface area contributed by atoms with Crippen molar-refractivity contribution >= 4 is 21.6 Å². The summed E-state index contributed by atoms with van der Waals surface area (Å²) in [5.74, 6) is -0.109. The van der Waals surface area contributed by atoms with Crippen molar-refractivity contribution in [2.24, 2.45) is 0 Å². The van der Waals surface area contributed by atoms with Gasteiger partial charge in [0.15, 0.2) is 5.76 Å². The molecule has 0 aliphatic carbocycles. The molecule has 1 fully saturated rings. The first-order valence-electron chi connectivity index (χ1n) is 7.36. The minimum atomic E-state index is -3.78. The molecule has 124 valence electrons. The van der Waals surface area contributed by atoms with Gasteiger partial charge in [-0.15, -0.1) is 0 Å². The van der Waals surface area contributed by atoms with E-state index >= 15 is 0 Å². The Balaban J connectivity index is 1.96. The Morgan fingerprint density at radius 1 is 1.43 bits per heavy atom. The summed E-state index contributed by atoms with van der Waals surface area (Å²) in [4.78, 5) is -0.0222. The highest BCUT2D eigenvalue weighted by atomic mass is 35.5. The van der Waals surface area contributed by atoms with Crippen LogP contribution >= 0.6 is 11.6 Å². The summed E-state index contributed by atoms with van der Waals surface area (Å²) in [5, 5.41) is 3.71. The van der Waals surface area contributed by atoms with Crippen molar-refractivity contribution in [3.8, 4) is 0 Å². The fourth-order valence-corrected chi connectivity index (χ4v) is 4.67. The van der Waals surface area contributed by atoms with Crippen molar-refractivity contribution in [3.63, 3.8) is 0 Å². The average Bonchev–Trinajstić information content (AvgIpc) is 3.17. The summed E-state index contributed by atoms with van der Waals surface area (Å²) in [6.07, 6.45) is 2.10. The lowest BCUT2D eigenvalue weighted by molar-refractivity contribution is 0.296. The molecule has 8 heteroatoms. The summed E-state index contributed by atoms with van der Waals surface area (Å²) in [6, 6.07) is 4.82. The van der Waals surface area contributed by atoms with Crippen molar-refractivity contribution in [1.82, 2.24) is 9.46 Å². The van der Waals surface area contributed by atoms with Gasteiger partial charge in [-0.1, -0.05) is 23.7 Å². The van der Waals surface area contributed by atoms with Crippen LogP contribution in [0.2, 0.25) is 5.02 Å². The molecule has 1 saturated heterocycles. The zero-order chi connectivity index (χ0) is 16.6. The first-order valence-corrected chi connectivity index (χ1v) is 9.17. The molecular formula is C15H16ClFN2O3S. The van der Waals surface area contributed by atoms with Crippen molar-refractivity contribution in [1.29, 1.82) is 0 Å². The van der Waals surface area contributed by atoms with Gasteiger partial charge in [0.05, 0.1) is 21.7 Å². The van der Waals surface area contributed by atoms with Crippen LogP contribution in [0.4, 0.5) is 4.39 Å². The van der Waals surface area contributed by atoms with Crippen LogP contribution < -0.4 is 0 Å². The predicted molar refractivity (Wildman–Crippen MR) is 83.2 cm³/mol. The monoisotopic (exact) mass is 358 g/mol. The predicted octanol–water partition coefficient (Wildman–Crippen LogP) is 3.56. The van der Waals surface area contributed by atoms with Crippen LogP contribution in [0.3, 0.4) is 0 Å². The molecule has 1 aromatic heterocycles. The number of nitrogens with zero attached hydrogens (tertiary/aromatic N) is 2. The molecule has 2 aromatic rings. The van der Waals surface area contributed by atoms with Crippen LogP contribution in [0.15, 0.2) is 33.7 Å². The molecule has 0 saturated carbocycles. The number of rotatable bonds is 4. The molecule has 0 amide bonds. The SMILES string of the molecule is CCc1cc([C@@H]2CCCN2S(=O)(=O)c2ccc(F)c(Cl)c2)on1. The fourth-order valence-electron chi connectivity index (χ4n) is 2.74. The summed E-state index contributed by atoms with van der Waals surface area (Å²) >= 11 is 5.72. The van der Waals surface area contributed by atoms with E-state index in [2.05, 4.69) is 5.16 Å². The van der Waals surface area contributed by atoms with Gasteiger partial charge in [0.25, 0.3) is 0 Å². The number of halogens is 2. The molecule has 3 rings (SSSR count). The second-order valence-corrected chi connectivity index (χ2v) is 7.72. The van der Waals surface area contributed by atoms with Crippen LogP contribution in [0.25, 0.3) is 0 Å². The Bertz CT molecular complexity index is 822. The Kier molecular flexibility index (Phi) is 4.44. The molecule has 0 N–H and O–H groups in total. The maximum Gasteiger partial charge on any atom is 0.243 e. The molecule has 1 aromatic carbocycles. The van der Waals surface area contributed by atoms with Gasteiger partial charge in [-0.2, -0.15) is 4.31 Å². The van der Waals surface area contributed by atoms with Crippen LogP contribution in [0.1, 0.15) is 37.3 Å². The van der Waals surface area contributed by atoms with E-state index in [1.165, 1.54) is 10.4 Å². The highest BCUT2D eigenvalue weighted by Gasteiger charge is 2.38. The normalized spacial score (nSPS) is 19.3. The highest BCUT2D eigenvalue weighted by molar-refractivity contribution is 7.89. The Morgan fingerprint density at radius 3 is 2.87 bits per heavy atom. The number of aromatic nitrogens is 1. The molecule has 0 unspecified atom stereocenters. The van der Waals surface area contributed by atoms with Gasteiger partial charge in [0.2, 0.25) is 10.0 Å². The lowest BCUT2D eigenvalue weighted by atomic mass is 10.1. The first-order chi connectivity index (χ1) is 10.9. The van der Waals surface area contributed by atoms with Gasteiger partial charge in [0.1, 0.15) is 5.82 Å². The summed E-state index contributed by atoms with van der Waals surface area (Å²) in [5.41, 5.74) is 0.786. The third-order valence-corrected chi connectivity index (χ3v) is 6.16. The molecule has 2 heterocycles. The molecule has 23 heavy (non-hydrogen) atoms. The lowest BCUT2D eigenvalue weighted by Crippen LogP contribution is -2.30. The number of hydrogen-bond acceptors (Lipinski definition) is 4. The zero-order valence-electron chi connectivity index (χ0n) is 12.5. The molecule has 0 bridgehead atoms. The average molecular weight is 359 g/mol. The second kappa shape index (κ2) is 6.22. The van der Waals surface area contributed by atoms with E-state index < -0.39 is 21.9 Å². The van der Waals surface area contributed by atoms with Gasteiger partial charge in [0, 0.05) is 12.6 Å². The number of aryl methyl sites for hydroxylation is 1. The van der Waals surface area contributed by atoms with Gasteiger partial charge in [-0.25, -0.2) is 12.8 Å². The van der Waals surface area contributed by atoms with Crippen molar-refractivity contribution in [3.05, 3.63) is 46.6 Å². The Hall–Kier alpha value is -1.44. The number of sulfonamides is 1. The molecule has 1 aliphatic heterocycles. The van der Waals surface area contributed by atoms with Gasteiger partial charge >= 0.3 is 0 Å². The van der Waals surface area contributed by atoms with Crippen molar-refractivity contribution in [2.75, 3.05) is 6.54 Å². The van der Waals surface area contributed by atoms with E-state index in [4.69, 9.17) is 16.1 Å². The van der Waals surface area contributed by atoms with Crippen molar-refractivity contribution < 1.29 is 17.3 Å². The third kappa shape index (κ3) is 3.00. The summed E-state index contributed by atoms with van der Waals surface area (Å²) in [7, 11) is -3.78. The minimum absolute atomic E-state index is 0.0222. The molecule has 5 nitrogen and oxygen atoms in total. The second-order valence-electron chi connectivity index (χ2n) is 5.42. The Labute approximate surface area is 139 Å². The molecule has 1 atom stereocenters. The lowest BCUT2D eigenvalue weighted by Gasteiger charge is -2.22. The van der Waals surface area contributed by atoms with E-state index in [0.717, 1.165) is 30.7 Å². The van der Waals surface area contributed by atoms with E-state index in [-0.39, 0.29) is 9.92 Å². The summed E-state index contributed by atoms with van der Waals surface area (Å²) in [6.45, 7) is 2.33. The van der Waals surface area contributed by atoms with E-state index in [1.807, 2.05) is 6.92 Å². The first kappa shape index (κ1) is 16.4. The standard InChI is InChI=1S/C15H16ClFN2O3S/c1-2-10-8-15(22-18-10)14-4-3-7-19(14)23(20,21)11-5-6-13(17)12(16)9-11/h5-6,8-9,14H,2-4,7H2,1H3/t14-/m0/s1. The number of hydrogen-bond donors (Lipinski definition) is 0. The topological polar surface area (TPSA) is 63.4 Å². The molecule has 0 spiro atoms. The highest BCUT2D eigenvalue weighted by Crippen LogP contribution is 2.37. The quantitative estimate of drug-likeness (QED) is 0.838. The zero-order valence-corrected chi connectivity index (χ0v) is 14.1. The smallest absolute Gasteiger partial charge is 0.243 e. The van der Waals surface area contributed by atoms with E-state index in [0.29, 0.717) is 18.7 Å². The molecule has 1 aliphatic rings. The van der Waals surface area contributed by atoms with Crippen LogP contribution in [-0.2, 0) is 16.4 Å². The van der Waals surface area contributed by atoms with Crippen LogP contribution in [0, 0.1) is 5.82 Å². The van der Waals surface area contributed by atoms with Crippen molar-refractivity contribution in [2.45, 2.75) is 37.1 Å². The molecule has 0 radical (unpaired) electrons. The molecular weight excluding hydrogens is 343 g/mol.